The van der Waals surface area contributed by atoms with Crippen LogP contribution in [0.3, 0.4) is 0 Å². The van der Waals surface area contributed by atoms with Gasteiger partial charge in [-0.05, 0) is 45.4 Å². The van der Waals surface area contributed by atoms with Gasteiger partial charge in [-0.1, -0.05) is 12.1 Å². The number of aryl methyl sites for hydroxylation is 2. The summed E-state index contributed by atoms with van der Waals surface area (Å²) in [4.78, 5) is 28.7. The van der Waals surface area contributed by atoms with Crippen LogP contribution in [-0.2, 0) is 27.8 Å². The van der Waals surface area contributed by atoms with Gasteiger partial charge in [-0.25, -0.2) is 17.9 Å². The fraction of sp³-hybridized carbons (Fsp3) is 0.381. The Labute approximate surface area is 181 Å². The van der Waals surface area contributed by atoms with Gasteiger partial charge in [0.25, 0.3) is 5.56 Å². The Hall–Kier alpha value is -2.98. The van der Waals surface area contributed by atoms with Gasteiger partial charge in [0.2, 0.25) is 15.9 Å². The van der Waals surface area contributed by atoms with Gasteiger partial charge in [-0.3, -0.25) is 14.7 Å². The molecule has 1 amide bonds. The number of fused-ring (bicyclic) bond motifs is 1. The third-order valence-corrected chi connectivity index (χ3v) is 7.40. The Bertz CT molecular complexity index is 1270. The normalized spacial score (nSPS) is 12.1. The zero-order valence-electron chi connectivity index (χ0n) is 18.3. The first-order chi connectivity index (χ1) is 14.5. The van der Waals surface area contributed by atoms with E-state index in [4.69, 9.17) is 0 Å². The molecule has 0 bridgehead atoms. The third kappa shape index (κ3) is 4.70. The van der Waals surface area contributed by atoms with Crippen molar-refractivity contribution in [1.82, 2.24) is 24.2 Å². The highest BCUT2D eigenvalue weighted by molar-refractivity contribution is 7.89. The number of H-pyrrole nitrogens is 1. The van der Waals surface area contributed by atoms with Gasteiger partial charge >= 0.3 is 0 Å². The van der Waals surface area contributed by atoms with Crippen LogP contribution in [0, 0.1) is 13.8 Å². The molecule has 0 aliphatic rings. The zero-order chi connectivity index (χ0) is 22.9. The van der Waals surface area contributed by atoms with Crippen LogP contribution >= 0.6 is 0 Å². The summed E-state index contributed by atoms with van der Waals surface area (Å²) >= 11 is 0. The molecule has 9 nitrogen and oxygen atoms in total. The molecule has 166 valence electrons. The molecule has 2 heterocycles. The second-order valence-electron chi connectivity index (χ2n) is 7.79. The van der Waals surface area contributed by atoms with Crippen molar-refractivity contribution in [2.45, 2.75) is 51.6 Å². The second-order valence-corrected chi connectivity index (χ2v) is 9.79. The quantitative estimate of drug-likeness (QED) is 0.572. The van der Waals surface area contributed by atoms with Gasteiger partial charge < -0.3 is 5.32 Å². The molecule has 0 unspecified atom stereocenters. The lowest BCUT2D eigenvalue weighted by Crippen LogP contribution is -2.33. The Morgan fingerprint density at radius 1 is 1.23 bits per heavy atom. The maximum absolute atomic E-state index is 12.5. The predicted octanol–water partition coefficient (Wildman–Crippen LogP) is 1.53. The lowest BCUT2D eigenvalue weighted by Gasteiger charge is -2.21. The molecule has 1 aromatic carbocycles. The standard InChI is InChI=1S/C21H27N5O4S/c1-13(2)25(5)31(29,30)17-8-6-16(7-9-17)12-22-20(27)10-18-14(3)23-19-11-21(28)24-26(19)15(18)4/h6-9,11,13H,10,12H2,1-5H3,(H,22,27)(H,24,28). The number of amides is 1. The molecule has 0 saturated carbocycles. The minimum atomic E-state index is -3.54. The van der Waals surface area contributed by atoms with E-state index in [1.54, 1.807) is 42.8 Å². The maximum atomic E-state index is 12.5. The van der Waals surface area contributed by atoms with Crippen LogP contribution < -0.4 is 10.9 Å². The van der Waals surface area contributed by atoms with Crippen LogP contribution in [0.15, 0.2) is 40.0 Å². The first kappa shape index (κ1) is 22.7. The Kier molecular flexibility index (Phi) is 6.33. The van der Waals surface area contributed by atoms with Crippen molar-refractivity contribution in [3.8, 4) is 0 Å². The number of hydrogen-bond donors (Lipinski definition) is 2. The molecule has 0 fully saturated rings. The molecule has 0 saturated heterocycles. The van der Waals surface area contributed by atoms with Gasteiger partial charge in [-0.15, -0.1) is 0 Å². The summed E-state index contributed by atoms with van der Waals surface area (Å²) in [7, 11) is -1.99. The number of nitrogens with one attached hydrogen (secondary N) is 2. The SMILES string of the molecule is Cc1nc2cc(=O)[nH]n2c(C)c1CC(=O)NCc1ccc(S(=O)(=O)N(C)C(C)C)cc1. The minimum absolute atomic E-state index is 0.118. The summed E-state index contributed by atoms with van der Waals surface area (Å²) in [5, 5.41) is 5.52. The number of rotatable bonds is 7. The first-order valence-corrected chi connectivity index (χ1v) is 11.4. The highest BCUT2D eigenvalue weighted by Gasteiger charge is 2.22. The fourth-order valence-corrected chi connectivity index (χ4v) is 4.63. The van der Waals surface area contributed by atoms with Gasteiger partial charge in [0.15, 0.2) is 5.65 Å². The summed E-state index contributed by atoms with van der Waals surface area (Å²) in [6.45, 7) is 7.53. The van der Waals surface area contributed by atoms with Crippen LogP contribution in [0.25, 0.3) is 5.65 Å². The van der Waals surface area contributed by atoms with Crippen LogP contribution in [-0.4, -0.2) is 46.3 Å². The molecule has 0 aliphatic heterocycles. The van der Waals surface area contributed by atoms with Crippen molar-refractivity contribution < 1.29 is 13.2 Å². The fourth-order valence-electron chi connectivity index (χ4n) is 3.26. The second kappa shape index (κ2) is 8.64. The molecular weight excluding hydrogens is 418 g/mol. The molecule has 2 N–H and O–H groups in total. The number of aromatic amines is 1. The highest BCUT2D eigenvalue weighted by Crippen LogP contribution is 2.17. The van der Waals surface area contributed by atoms with E-state index in [9.17, 15) is 18.0 Å². The van der Waals surface area contributed by atoms with Crippen LogP contribution in [0.5, 0.6) is 0 Å². The lowest BCUT2D eigenvalue weighted by atomic mass is 10.1. The van der Waals surface area contributed by atoms with Gasteiger partial charge in [0.1, 0.15) is 0 Å². The van der Waals surface area contributed by atoms with E-state index in [0.717, 1.165) is 16.8 Å². The van der Waals surface area contributed by atoms with E-state index in [0.29, 0.717) is 11.3 Å². The number of carbonyl (C=O) groups is 1. The van der Waals surface area contributed by atoms with E-state index in [-0.39, 0.29) is 35.4 Å². The minimum Gasteiger partial charge on any atom is -0.352 e. The van der Waals surface area contributed by atoms with E-state index >= 15 is 0 Å². The lowest BCUT2D eigenvalue weighted by molar-refractivity contribution is -0.120. The average molecular weight is 446 g/mol. The molecule has 31 heavy (non-hydrogen) atoms. The predicted molar refractivity (Wildman–Crippen MR) is 117 cm³/mol. The average Bonchev–Trinajstić information content (AvgIpc) is 3.09. The van der Waals surface area contributed by atoms with E-state index in [1.807, 2.05) is 20.8 Å². The summed E-state index contributed by atoms with van der Waals surface area (Å²) in [5.74, 6) is -0.196. The third-order valence-electron chi connectivity index (χ3n) is 5.36. The number of carbonyl (C=O) groups excluding carboxylic acids is 1. The molecule has 3 aromatic rings. The Morgan fingerprint density at radius 3 is 2.48 bits per heavy atom. The molecule has 0 spiro atoms. The monoisotopic (exact) mass is 445 g/mol. The first-order valence-electron chi connectivity index (χ1n) is 9.92. The van der Waals surface area contributed by atoms with Crippen LogP contribution in [0.2, 0.25) is 0 Å². The molecule has 0 aliphatic carbocycles. The summed E-state index contributed by atoms with van der Waals surface area (Å²) < 4.78 is 28.0. The van der Waals surface area contributed by atoms with Crippen molar-refractivity contribution in [2.75, 3.05) is 7.05 Å². The number of sulfonamides is 1. The summed E-state index contributed by atoms with van der Waals surface area (Å²) in [5.41, 5.74) is 3.24. The van der Waals surface area contributed by atoms with Crippen molar-refractivity contribution in [2.24, 2.45) is 0 Å². The van der Waals surface area contributed by atoms with Crippen molar-refractivity contribution in [1.29, 1.82) is 0 Å². The van der Waals surface area contributed by atoms with Crippen LogP contribution in [0.4, 0.5) is 0 Å². The number of aromatic nitrogens is 3. The van der Waals surface area contributed by atoms with Crippen LogP contribution in [0.1, 0.15) is 36.4 Å². The zero-order valence-corrected chi connectivity index (χ0v) is 19.1. The van der Waals surface area contributed by atoms with E-state index in [2.05, 4.69) is 15.4 Å². The molecule has 2 aromatic heterocycles. The topological polar surface area (TPSA) is 117 Å². The molecule has 10 heteroatoms. The largest absolute Gasteiger partial charge is 0.352 e. The molecule has 0 radical (unpaired) electrons. The van der Waals surface area contributed by atoms with E-state index < -0.39 is 10.0 Å². The van der Waals surface area contributed by atoms with Gasteiger partial charge in [0.05, 0.1) is 11.3 Å². The number of nitrogens with zero attached hydrogens (tertiary/aromatic N) is 3. The Balaban J connectivity index is 1.68. The Morgan fingerprint density at radius 2 is 1.87 bits per heavy atom. The molecular formula is C21H27N5O4S. The summed E-state index contributed by atoms with van der Waals surface area (Å²) in [6.07, 6.45) is 0.118. The number of hydrogen-bond acceptors (Lipinski definition) is 5. The molecule has 0 atom stereocenters. The smallest absolute Gasteiger partial charge is 0.266 e. The van der Waals surface area contributed by atoms with Crippen molar-refractivity contribution >= 4 is 21.6 Å². The van der Waals surface area contributed by atoms with Crippen molar-refractivity contribution in [3.05, 3.63) is 63.2 Å². The maximum Gasteiger partial charge on any atom is 0.266 e. The van der Waals surface area contributed by atoms with Gasteiger partial charge in [-0.2, -0.15) is 4.31 Å². The molecule has 3 rings (SSSR count). The summed E-state index contributed by atoms with van der Waals surface area (Å²) in [6, 6.07) is 7.74. The van der Waals surface area contributed by atoms with Gasteiger partial charge in [0, 0.05) is 42.7 Å². The van der Waals surface area contributed by atoms with Crippen molar-refractivity contribution in [3.63, 3.8) is 0 Å². The number of benzene rings is 1. The highest BCUT2D eigenvalue weighted by atomic mass is 32.2. The van der Waals surface area contributed by atoms with E-state index in [1.165, 1.54) is 10.4 Å².